The molecule has 0 saturated carbocycles. The Morgan fingerprint density at radius 2 is 2.00 bits per heavy atom. The van der Waals surface area contributed by atoms with Gasteiger partial charge in [0.15, 0.2) is 0 Å². The average Bonchev–Trinajstić information content (AvgIpc) is 1.98. The van der Waals surface area contributed by atoms with Crippen molar-refractivity contribution >= 4 is 5.91 Å². The molecule has 0 heterocycles. The third kappa shape index (κ3) is 9.13. The van der Waals surface area contributed by atoms with Crippen LogP contribution < -0.4 is 5.32 Å². The van der Waals surface area contributed by atoms with Crippen LogP contribution in [0.2, 0.25) is 0 Å². The van der Waals surface area contributed by atoms with Crippen LogP contribution in [0.15, 0.2) is 0 Å². The Labute approximate surface area is 73.9 Å². The maximum atomic E-state index is 11.6. The van der Waals surface area contributed by atoms with E-state index in [1.807, 2.05) is 0 Å². The van der Waals surface area contributed by atoms with Gasteiger partial charge in [0.25, 0.3) is 0 Å². The first-order valence-electron chi connectivity index (χ1n) is 3.90. The van der Waals surface area contributed by atoms with Crippen molar-refractivity contribution in [3.63, 3.8) is 0 Å². The van der Waals surface area contributed by atoms with E-state index in [0.29, 0.717) is 0 Å². The standard InChI is InChI=1S/C7H12F3NO2/c8-7(9,10)3-4-11-6(13)2-1-5-12/h12H,1-5H2,(H,11,13). The molecule has 0 unspecified atom stereocenters. The van der Waals surface area contributed by atoms with Crippen LogP contribution >= 0.6 is 0 Å². The number of halogens is 3. The topological polar surface area (TPSA) is 49.3 Å². The minimum atomic E-state index is -4.23. The molecule has 1 amide bonds. The Hall–Kier alpha value is -0.780. The van der Waals surface area contributed by atoms with E-state index in [-0.39, 0.29) is 19.4 Å². The normalized spacial score (nSPS) is 11.4. The SMILES string of the molecule is O=C(CCCO)NCCC(F)(F)F. The molecule has 0 aromatic heterocycles. The third-order valence-corrected chi connectivity index (χ3v) is 1.29. The van der Waals surface area contributed by atoms with Gasteiger partial charge in [0.2, 0.25) is 5.91 Å². The molecule has 0 aromatic carbocycles. The van der Waals surface area contributed by atoms with Crippen LogP contribution in [0.25, 0.3) is 0 Å². The van der Waals surface area contributed by atoms with Gasteiger partial charge in [0.05, 0.1) is 6.42 Å². The van der Waals surface area contributed by atoms with Crippen molar-refractivity contribution in [3.8, 4) is 0 Å². The monoisotopic (exact) mass is 199 g/mol. The fraction of sp³-hybridized carbons (Fsp3) is 0.857. The van der Waals surface area contributed by atoms with E-state index in [1.165, 1.54) is 0 Å². The zero-order valence-electron chi connectivity index (χ0n) is 7.02. The van der Waals surface area contributed by atoms with Crippen molar-refractivity contribution in [1.29, 1.82) is 0 Å². The number of aliphatic hydroxyl groups is 1. The summed E-state index contributed by atoms with van der Waals surface area (Å²) in [5.74, 6) is -0.460. The van der Waals surface area contributed by atoms with E-state index in [1.54, 1.807) is 0 Å². The van der Waals surface area contributed by atoms with Gasteiger partial charge >= 0.3 is 6.18 Å². The van der Waals surface area contributed by atoms with Gasteiger partial charge in [-0.1, -0.05) is 0 Å². The van der Waals surface area contributed by atoms with Gasteiger partial charge in [-0.15, -0.1) is 0 Å². The van der Waals surface area contributed by atoms with Gasteiger partial charge in [-0.25, -0.2) is 0 Å². The zero-order valence-corrected chi connectivity index (χ0v) is 7.02. The molecule has 0 radical (unpaired) electrons. The molecule has 0 saturated heterocycles. The minimum absolute atomic E-state index is 0.0638. The van der Waals surface area contributed by atoms with Crippen molar-refractivity contribution in [3.05, 3.63) is 0 Å². The van der Waals surface area contributed by atoms with Gasteiger partial charge in [0, 0.05) is 19.6 Å². The first-order chi connectivity index (χ1) is 5.95. The highest BCUT2D eigenvalue weighted by Crippen LogP contribution is 2.18. The third-order valence-electron chi connectivity index (χ3n) is 1.29. The Morgan fingerprint density at radius 1 is 1.38 bits per heavy atom. The molecule has 3 nitrogen and oxygen atoms in total. The molecule has 0 bridgehead atoms. The van der Waals surface area contributed by atoms with Gasteiger partial charge in [-0.05, 0) is 6.42 Å². The van der Waals surface area contributed by atoms with E-state index >= 15 is 0 Å². The van der Waals surface area contributed by atoms with Gasteiger partial charge in [0.1, 0.15) is 0 Å². The van der Waals surface area contributed by atoms with Crippen molar-refractivity contribution in [2.75, 3.05) is 13.2 Å². The lowest BCUT2D eigenvalue weighted by atomic mass is 10.3. The lowest BCUT2D eigenvalue weighted by Crippen LogP contribution is -2.27. The summed E-state index contributed by atoms with van der Waals surface area (Å²) in [5, 5.41) is 10.4. The van der Waals surface area contributed by atoms with Gasteiger partial charge < -0.3 is 10.4 Å². The second-order valence-corrected chi connectivity index (χ2v) is 2.54. The zero-order chi connectivity index (χ0) is 10.3. The van der Waals surface area contributed by atoms with Crippen LogP contribution in [-0.2, 0) is 4.79 Å². The molecular weight excluding hydrogens is 187 g/mol. The summed E-state index contributed by atoms with van der Waals surface area (Å²) in [6.07, 6.45) is -4.91. The van der Waals surface area contributed by atoms with Crippen molar-refractivity contribution < 1.29 is 23.1 Å². The number of nitrogens with one attached hydrogen (secondary N) is 1. The Kier molecular flexibility index (Phi) is 5.45. The Bertz CT molecular complexity index is 158. The highest BCUT2D eigenvalue weighted by molar-refractivity contribution is 5.75. The largest absolute Gasteiger partial charge is 0.396 e. The number of hydrogen-bond donors (Lipinski definition) is 2. The number of rotatable bonds is 5. The van der Waals surface area contributed by atoms with E-state index in [2.05, 4.69) is 5.32 Å². The van der Waals surface area contributed by atoms with Crippen LogP contribution in [0.5, 0.6) is 0 Å². The Balaban J connectivity index is 3.37. The molecule has 0 aromatic rings. The number of alkyl halides is 3. The summed E-state index contributed by atoms with van der Waals surface area (Å²) in [7, 11) is 0. The summed E-state index contributed by atoms with van der Waals surface area (Å²) in [4.78, 5) is 10.7. The molecule has 6 heteroatoms. The number of carbonyl (C=O) groups is 1. The number of carbonyl (C=O) groups excluding carboxylic acids is 1. The highest BCUT2D eigenvalue weighted by atomic mass is 19.4. The average molecular weight is 199 g/mol. The molecule has 2 N–H and O–H groups in total. The first-order valence-corrected chi connectivity index (χ1v) is 3.90. The van der Waals surface area contributed by atoms with Crippen LogP contribution in [-0.4, -0.2) is 30.3 Å². The summed E-state index contributed by atoms with van der Waals surface area (Å²) < 4.78 is 34.7. The lowest BCUT2D eigenvalue weighted by molar-refractivity contribution is -0.135. The van der Waals surface area contributed by atoms with Crippen LogP contribution in [0, 0.1) is 0 Å². The highest BCUT2D eigenvalue weighted by Gasteiger charge is 2.26. The number of amides is 1. The minimum Gasteiger partial charge on any atom is -0.396 e. The summed E-state index contributed by atoms with van der Waals surface area (Å²) in [6.45, 7) is -0.527. The molecule has 0 rings (SSSR count). The predicted molar refractivity (Wildman–Crippen MR) is 40.0 cm³/mol. The molecule has 0 aliphatic heterocycles. The van der Waals surface area contributed by atoms with Crippen LogP contribution in [0.3, 0.4) is 0 Å². The number of hydrogen-bond acceptors (Lipinski definition) is 2. The fourth-order valence-corrected chi connectivity index (χ4v) is 0.672. The molecule has 0 atom stereocenters. The lowest BCUT2D eigenvalue weighted by Gasteiger charge is -2.07. The van der Waals surface area contributed by atoms with Gasteiger partial charge in [-0.3, -0.25) is 4.79 Å². The smallest absolute Gasteiger partial charge is 0.390 e. The second kappa shape index (κ2) is 5.80. The molecule has 13 heavy (non-hydrogen) atoms. The molecule has 0 fully saturated rings. The summed E-state index contributed by atoms with van der Waals surface area (Å²) >= 11 is 0. The van der Waals surface area contributed by atoms with Crippen molar-refractivity contribution in [1.82, 2.24) is 5.32 Å². The molecular formula is C7H12F3NO2. The van der Waals surface area contributed by atoms with E-state index in [0.717, 1.165) is 0 Å². The molecule has 0 aliphatic rings. The maximum absolute atomic E-state index is 11.6. The summed E-state index contributed by atoms with van der Waals surface area (Å²) in [6, 6.07) is 0. The molecule has 78 valence electrons. The van der Waals surface area contributed by atoms with Crippen molar-refractivity contribution in [2.24, 2.45) is 0 Å². The fourth-order valence-electron chi connectivity index (χ4n) is 0.672. The maximum Gasteiger partial charge on any atom is 0.390 e. The van der Waals surface area contributed by atoms with Gasteiger partial charge in [-0.2, -0.15) is 13.2 Å². The van der Waals surface area contributed by atoms with Crippen molar-refractivity contribution in [2.45, 2.75) is 25.4 Å². The van der Waals surface area contributed by atoms with Crippen LogP contribution in [0.4, 0.5) is 13.2 Å². The van der Waals surface area contributed by atoms with Crippen LogP contribution in [0.1, 0.15) is 19.3 Å². The molecule has 0 spiro atoms. The predicted octanol–water partition coefficient (Wildman–Crippen LogP) is 0.828. The molecule has 0 aliphatic carbocycles. The van der Waals surface area contributed by atoms with E-state index in [9.17, 15) is 18.0 Å². The number of aliphatic hydroxyl groups excluding tert-OH is 1. The first kappa shape index (κ1) is 12.2. The van der Waals surface area contributed by atoms with E-state index in [4.69, 9.17) is 5.11 Å². The Morgan fingerprint density at radius 3 is 2.46 bits per heavy atom. The summed E-state index contributed by atoms with van der Waals surface area (Å²) in [5.41, 5.74) is 0. The second-order valence-electron chi connectivity index (χ2n) is 2.54. The quantitative estimate of drug-likeness (QED) is 0.688. The van der Waals surface area contributed by atoms with E-state index < -0.39 is 25.0 Å².